The van der Waals surface area contributed by atoms with Crippen LogP contribution in [0.2, 0.25) is 0 Å². The van der Waals surface area contributed by atoms with Gasteiger partial charge in [-0.05, 0) is 28.3 Å². The summed E-state index contributed by atoms with van der Waals surface area (Å²) in [5, 5.41) is 8.96. The molecule has 3 aliphatic rings. The molecule has 1 N–H and O–H groups in total. The van der Waals surface area contributed by atoms with Gasteiger partial charge < -0.3 is 5.11 Å². The Labute approximate surface area is 93.2 Å². The Morgan fingerprint density at radius 3 is 2.81 bits per heavy atom. The number of carbonyl (C=O) groups is 1. The fraction of sp³-hybridized carbons (Fsp3) is 0.0714. The van der Waals surface area contributed by atoms with E-state index in [-0.39, 0.29) is 0 Å². The molecule has 0 unspecified atom stereocenters. The fourth-order valence-corrected chi connectivity index (χ4v) is 2.26. The van der Waals surface area contributed by atoms with E-state index >= 15 is 0 Å². The minimum atomic E-state index is -0.815. The lowest BCUT2D eigenvalue weighted by molar-refractivity contribution is -0.132. The predicted octanol–water partition coefficient (Wildman–Crippen LogP) is 2.82. The predicted molar refractivity (Wildman–Crippen MR) is 62.4 cm³/mol. The van der Waals surface area contributed by atoms with Crippen LogP contribution in [0, 0.1) is 0 Å². The summed E-state index contributed by atoms with van der Waals surface area (Å²) in [4.78, 5) is 10.9. The maximum atomic E-state index is 10.9. The molecule has 2 heteroatoms. The summed E-state index contributed by atoms with van der Waals surface area (Å²) in [6.07, 6.45) is 2.34. The van der Waals surface area contributed by atoms with Gasteiger partial charge in [0.1, 0.15) is 0 Å². The standard InChI is InChI=1S/C14H10O2/c15-14(16)11-7-10-6-9-4-2-1-3-5-12(9)13(10)8-11/h1-6,8H,7H2,(H,15,16). The van der Waals surface area contributed by atoms with Crippen molar-refractivity contribution in [1.82, 2.24) is 0 Å². The van der Waals surface area contributed by atoms with Crippen LogP contribution in [-0.4, -0.2) is 11.1 Å². The smallest absolute Gasteiger partial charge is 0.331 e. The third-order valence-corrected chi connectivity index (χ3v) is 3.01. The first-order chi connectivity index (χ1) is 7.75. The minimum Gasteiger partial charge on any atom is -0.478 e. The average Bonchev–Trinajstić information content (AvgIpc) is 2.69. The molecule has 0 saturated carbocycles. The molecule has 3 aliphatic carbocycles. The lowest BCUT2D eigenvalue weighted by Gasteiger charge is -1.94. The molecule has 0 aromatic carbocycles. The molecule has 0 amide bonds. The van der Waals surface area contributed by atoms with E-state index in [2.05, 4.69) is 12.1 Å². The van der Waals surface area contributed by atoms with Crippen molar-refractivity contribution in [1.29, 1.82) is 0 Å². The molecule has 78 valence electrons. The highest BCUT2D eigenvalue weighted by atomic mass is 16.4. The van der Waals surface area contributed by atoms with Crippen molar-refractivity contribution in [3.63, 3.8) is 0 Å². The number of aliphatic carboxylic acids is 1. The van der Waals surface area contributed by atoms with Crippen molar-refractivity contribution in [2.45, 2.75) is 6.42 Å². The van der Waals surface area contributed by atoms with E-state index in [1.54, 1.807) is 6.08 Å². The van der Waals surface area contributed by atoms with Gasteiger partial charge in [0.05, 0.1) is 0 Å². The summed E-state index contributed by atoms with van der Waals surface area (Å²) < 4.78 is 0. The van der Waals surface area contributed by atoms with E-state index in [0.29, 0.717) is 12.0 Å². The average molecular weight is 210 g/mol. The molecule has 0 aromatic heterocycles. The summed E-state index contributed by atoms with van der Waals surface area (Å²) in [6.45, 7) is 0. The molecule has 0 spiro atoms. The van der Waals surface area contributed by atoms with Crippen LogP contribution in [-0.2, 0) is 11.2 Å². The molecule has 16 heavy (non-hydrogen) atoms. The summed E-state index contributed by atoms with van der Waals surface area (Å²) in [5.74, 6) is -0.815. The topological polar surface area (TPSA) is 37.3 Å². The van der Waals surface area contributed by atoms with Crippen molar-refractivity contribution in [3.05, 3.63) is 53.1 Å². The number of fused-ring (bicyclic) bond motifs is 3. The highest BCUT2D eigenvalue weighted by Crippen LogP contribution is 2.38. The van der Waals surface area contributed by atoms with Crippen LogP contribution in [0.25, 0.3) is 17.2 Å². The maximum absolute atomic E-state index is 10.9. The van der Waals surface area contributed by atoms with Gasteiger partial charge in [-0.3, -0.25) is 0 Å². The van der Waals surface area contributed by atoms with Crippen molar-refractivity contribution in [2.24, 2.45) is 0 Å². The SMILES string of the molecule is O=C(O)C1=Cc2c(cc3cccccc2-3)C1. The lowest BCUT2D eigenvalue weighted by atomic mass is 10.1. The van der Waals surface area contributed by atoms with Gasteiger partial charge in [-0.2, -0.15) is 0 Å². The molecule has 2 nitrogen and oxygen atoms in total. The Balaban J connectivity index is 2.20. The monoisotopic (exact) mass is 210 g/mol. The minimum absolute atomic E-state index is 0.485. The molecule has 0 aromatic rings. The highest BCUT2D eigenvalue weighted by Gasteiger charge is 2.22. The zero-order valence-corrected chi connectivity index (χ0v) is 8.60. The van der Waals surface area contributed by atoms with Crippen LogP contribution >= 0.6 is 0 Å². The van der Waals surface area contributed by atoms with E-state index in [1.165, 1.54) is 5.56 Å². The van der Waals surface area contributed by atoms with Gasteiger partial charge in [0.25, 0.3) is 0 Å². The summed E-state index contributed by atoms with van der Waals surface area (Å²) >= 11 is 0. The van der Waals surface area contributed by atoms with Crippen LogP contribution in [0.15, 0.2) is 42.0 Å². The normalized spacial score (nSPS) is 13.6. The van der Waals surface area contributed by atoms with Crippen molar-refractivity contribution in [3.8, 4) is 11.1 Å². The van der Waals surface area contributed by atoms with Crippen LogP contribution in [0.4, 0.5) is 0 Å². The Morgan fingerprint density at radius 1 is 1.19 bits per heavy atom. The van der Waals surface area contributed by atoms with Gasteiger partial charge in [-0.1, -0.05) is 36.4 Å². The quantitative estimate of drug-likeness (QED) is 0.785. The second kappa shape index (κ2) is 3.20. The van der Waals surface area contributed by atoms with Gasteiger partial charge in [-0.25, -0.2) is 4.79 Å². The van der Waals surface area contributed by atoms with Crippen molar-refractivity contribution < 1.29 is 9.90 Å². The van der Waals surface area contributed by atoms with E-state index in [9.17, 15) is 4.79 Å². The third kappa shape index (κ3) is 1.23. The molecular weight excluding hydrogens is 200 g/mol. The van der Waals surface area contributed by atoms with Gasteiger partial charge in [0.2, 0.25) is 0 Å². The largest absolute Gasteiger partial charge is 0.478 e. The number of hydrogen-bond donors (Lipinski definition) is 1. The first-order valence-electron chi connectivity index (χ1n) is 5.20. The number of carboxylic acids is 1. The Hall–Kier alpha value is -2.09. The van der Waals surface area contributed by atoms with Crippen LogP contribution < -0.4 is 0 Å². The Morgan fingerprint density at radius 2 is 2.00 bits per heavy atom. The van der Waals surface area contributed by atoms with Crippen molar-refractivity contribution in [2.75, 3.05) is 0 Å². The summed E-state index contributed by atoms with van der Waals surface area (Å²) in [5.41, 5.74) is 4.99. The van der Waals surface area contributed by atoms with Gasteiger partial charge >= 0.3 is 5.97 Å². The second-order valence-corrected chi connectivity index (χ2v) is 4.01. The Bertz CT molecular complexity index is 581. The van der Waals surface area contributed by atoms with Gasteiger partial charge in [0, 0.05) is 12.0 Å². The highest BCUT2D eigenvalue weighted by molar-refractivity contribution is 5.98. The molecule has 0 fully saturated rings. The van der Waals surface area contributed by atoms with Crippen LogP contribution in [0.3, 0.4) is 0 Å². The van der Waals surface area contributed by atoms with E-state index in [4.69, 9.17) is 5.11 Å². The second-order valence-electron chi connectivity index (χ2n) is 4.01. The molecule has 0 aliphatic heterocycles. The van der Waals surface area contributed by atoms with E-state index < -0.39 is 5.97 Å². The molecule has 0 bridgehead atoms. The summed E-state index contributed by atoms with van der Waals surface area (Å²) in [7, 11) is 0. The van der Waals surface area contributed by atoms with E-state index in [1.807, 2.05) is 24.3 Å². The van der Waals surface area contributed by atoms with Crippen LogP contribution in [0.1, 0.15) is 11.1 Å². The Kier molecular flexibility index (Phi) is 1.83. The summed E-state index contributed by atoms with van der Waals surface area (Å²) in [6, 6.07) is 12.1. The molecule has 0 saturated heterocycles. The fourth-order valence-electron chi connectivity index (χ4n) is 2.26. The molecule has 3 rings (SSSR count). The van der Waals surface area contributed by atoms with Crippen molar-refractivity contribution >= 4 is 12.0 Å². The van der Waals surface area contributed by atoms with Crippen LogP contribution in [0.5, 0.6) is 0 Å². The van der Waals surface area contributed by atoms with Gasteiger partial charge in [0.15, 0.2) is 0 Å². The number of rotatable bonds is 1. The zero-order chi connectivity index (χ0) is 11.1. The van der Waals surface area contributed by atoms with E-state index in [0.717, 1.165) is 16.7 Å². The zero-order valence-electron chi connectivity index (χ0n) is 8.60. The first kappa shape index (κ1) is 9.16. The lowest BCUT2D eigenvalue weighted by Crippen LogP contribution is -1.99. The molecule has 0 atom stereocenters. The number of hydrogen-bond acceptors (Lipinski definition) is 1. The molecule has 0 radical (unpaired) electrons. The molecule has 0 heterocycles. The maximum Gasteiger partial charge on any atom is 0.331 e. The van der Waals surface area contributed by atoms with Gasteiger partial charge in [-0.15, -0.1) is 0 Å². The third-order valence-electron chi connectivity index (χ3n) is 3.01. The molecular formula is C14H10O2. The first-order valence-corrected chi connectivity index (χ1v) is 5.20. The number of carboxylic acid groups (broad SMARTS) is 1.